The molecule has 528 valence electrons. The van der Waals surface area contributed by atoms with E-state index in [9.17, 15) is 9.90 Å². The minimum absolute atomic E-state index is 0. The number of ether oxygens (including phenoxy) is 2. The number of aliphatic hydroxyl groups excluding tert-OH is 1. The van der Waals surface area contributed by atoms with Gasteiger partial charge in [0.15, 0.2) is 6.29 Å². The van der Waals surface area contributed by atoms with E-state index in [0.29, 0.717) is 24.4 Å². The molecule has 3 N–H and O–H groups in total. The summed E-state index contributed by atoms with van der Waals surface area (Å²) in [5.74, 6) is 2.00. The van der Waals surface area contributed by atoms with E-state index in [0.717, 1.165) is 45.2 Å². The Morgan fingerprint density at radius 1 is 0.241 bits per heavy atom. The highest BCUT2D eigenvalue weighted by Crippen LogP contribution is 2.26. The summed E-state index contributed by atoms with van der Waals surface area (Å²) in [6.45, 7) is 20.5. The topological polar surface area (TPSA) is 87.3 Å². The Labute approximate surface area is 551 Å². The molecule has 0 rings (SSSR count). The zero-order chi connectivity index (χ0) is 63.2. The SMILES string of the molecule is CCCCC=O.CCCCCCCCCCCCC(CCCCCCCCCC)COC(CCCC)OCC(CCCCCCCCCC)CCCCCCCCCCCC.CCCCCCCCCCCCC(CO)CCCCCCCCCC.O. The molecule has 5 heteroatoms. The summed E-state index contributed by atoms with van der Waals surface area (Å²) in [6.07, 6.45) is 91.6. The van der Waals surface area contributed by atoms with Gasteiger partial charge in [0.2, 0.25) is 0 Å². The standard InChI is InChI=1S/C53H108O2.C24H50O.C5H10O.H2O/c1-6-11-16-20-24-28-30-34-38-42-46-51(44-40-36-32-26-22-18-13-8-3)49-54-53(48-15-10-5)55-50-52(45-41-37-33-27-23-19-14-9-4)47-43-39-35-31-29-25-21-17-12-7-2;1-3-5-7-9-11-13-14-16-18-20-22-24(23-25)21-19-17-15-12-10-8-6-4-2;1-2-3-4-5-6;/h51-53H,6-50H2,1-5H3;24-25H,3-23H2,1-2H3;5H,2-4H2,1H3;1H2. The second-order valence-corrected chi connectivity index (χ2v) is 28.0. The van der Waals surface area contributed by atoms with E-state index < -0.39 is 0 Å². The zero-order valence-corrected chi connectivity index (χ0v) is 61.8. The molecule has 5 nitrogen and oxygen atoms in total. The second-order valence-electron chi connectivity index (χ2n) is 28.0. The number of hydrogen-bond donors (Lipinski definition) is 1. The minimum Gasteiger partial charge on any atom is -0.412 e. The van der Waals surface area contributed by atoms with E-state index in [2.05, 4.69) is 55.4 Å². The van der Waals surface area contributed by atoms with Crippen LogP contribution in [0.1, 0.15) is 479 Å². The van der Waals surface area contributed by atoms with E-state index >= 15 is 0 Å². The fourth-order valence-corrected chi connectivity index (χ4v) is 12.8. The van der Waals surface area contributed by atoms with Crippen molar-refractivity contribution in [1.82, 2.24) is 0 Å². The number of rotatable bonds is 73. The highest BCUT2D eigenvalue weighted by molar-refractivity contribution is 5.48. The first kappa shape index (κ1) is 92.9. The molecule has 0 bridgehead atoms. The Hall–Kier alpha value is -0.490. The summed E-state index contributed by atoms with van der Waals surface area (Å²) < 4.78 is 13.6. The van der Waals surface area contributed by atoms with Crippen LogP contribution in [-0.2, 0) is 14.3 Å². The highest BCUT2D eigenvalue weighted by atomic mass is 16.7. The van der Waals surface area contributed by atoms with Crippen LogP contribution in [0.25, 0.3) is 0 Å². The lowest BCUT2D eigenvalue weighted by Gasteiger charge is -2.25. The summed E-state index contributed by atoms with van der Waals surface area (Å²) in [5.41, 5.74) is 0. The van der Waals surface area contributed by atoms with Crippen LogP contribution in [0.4, 0.5) is 0 Å². The van der Waals surface area contributed by atoms with Crippen LogP contribution in [0.5, 0.6) is 0 Å². The molecule has 3 atom stereocenters. The van der Waals surface area contributed by atoms with Gasteiger partial charge in [-0.3, -0.25) is 0 Å². The molecule has 0 aromatic heterocycles. The average molecular weight is 1240 g/mol. The summed E-state index contributed by atoms with van der Waals surface area (Å²) >= 11 is 0. The first-order valence-corrected chi connectivity index (χ1v) is 40.7. The Bertz CT molecular complexity index is 1080. The first-order valence-electron chi connectivity index (χ1n) is 40.7. The number of carbonyl (C=O) groups is 1. The second kappa shape index (κ2) is 87.6. The predicted molar refractivity (Wildman–Crippen MR) is 393 cm³/mol. The van der Waals surface area contributed by atoms with Gasteiger partial charge in [-0.25, -0.2) is 0 Å². The molecule has 0 radical (unpaired) electrons. The fraction of sp³-hybridized carbons (Fsp3) is 0.988. The van der Waals surface area contributed by atoms with E-state index in [4.69, 9.17) is 9.47 Å². The summed E-state index contributed by atoms with van der Waals surface area (Å²) in [7, 11) is 0. The molecule has 87 heavy (non-hydrogen) atoms. The smallest absolute Gasteiger partial charge is 0.157 e. The number of aliphatic hydroxyl groups is 1. The lowest BCUT2D eigenvalue weighted by atomic mass is 9.94. The number of carbonyl (C=O) groups excluding carboxylic acids is 1. The van der Waals surface area contributed by atoms with Crippen molar-refractivity contribution in [3.63, 3.8) is 0 Å². The molecule has 0 aliphatic rings. The third-order valence-corrected chi connectivity index (χ3v) is 19.1. The van der Waals surface area contributed by atoms with Gasteiger partial charge in [0, 0.05) is 13.0 Å². The first-order chi connectivity index (χ1) is 42.5. The molecule has 0 aliphatic heterocycles. The highest BCUT2D eigenvalue weighted by Gasteiger charge is 2.18. The number of unbranched alkanes of at least 4 members (excludes halogenated alkanes) is 51. The van der Waals surface area contributed by atoms with Crippen LogP contribution in [0.2, 0.25) is 0 Å². The van der Waals surface area contributed by atoms with Crippen LogP contribution in [-0.4, -0.2) is 43.0 Å². The van der Waals surface area contributed by atoms with Gasteiger partial charge in [0.05, 0.1) is 13.2 Å². The molecule has 0 saturated heterocycles. The normalized spacial score (nSPS) is 12.7. The van der Waals surface area contributed by atoms with E-state index in [-0.39, 0.29) is 11.8 Å². The van der Waals surface area contributed by atoms with Crippen molar-refractivity contribution in [2.24, 2.45) is 17.8 Å². The molecule has 0 spiro atoms. The minimum atomic E-state index is 0. The Morgan fingerprint density at radius 3 is 0.598 bits per heavy atom. The van der Waals surface area contributed by atoms with Crippen LogP contribution in [0, 0.1) is 17.8 Å². The zero-order valence-electron chi connectivity index (χ0n) is 61.8. The van der Waals surface area contributed by atoms with Gasteiger partial charge >= 0.3 is 0 Å². The van der Waals surface area contributed by atoms with Crippen LogP contribution >= 0.6 is 0 Å². The molecule has 0 amide bonds. The number of hydrogen-bond acceptors (Lipinski definition) is 4. The molecule has 0 aromatic carbocycles. The van der Waals surface area contributed by atoms with E-state index in [1.807, 2.05) is 0 Å². The van der Waals surface area contributed by atoms with Crippen molar-refractivity contribution in [3.05, 3.63) is 0 Å². The van der Waals surface area contributed by atoms with Gasteiger partial charge in [-0.1, -0.05) is 415 Å². The summed E-state index contributed by atoms with van der Waals surface area (Å²) in [5, 5.41) is 9.57. The van der Waals surface area contributed by atoms with Crippen LogP contribution in [0.3, 0.4) is 0 Å². The summed E-state index contributed by atoms with van der Waals surface area (Å²) in [6, 6.07) is 0. The maximum absolute atomic E-state index is 9.57. The maximum atomic E-state index is 9.57. The lowest BCUT2D eigenvalue weighted by Crippen LogP contribution is -2.24. The monoisotopic (exact) mass is 1240 g/mol. The van der Waals surface area contributed by atoms with Gasteiger partial charge < -0.3 is 24.9 Å². The Kier molecular flexibility index (Phi) is 93.5. The van der Waals surface area contributed by atoms with Crippen molar-refractivity contribution in [1.29, 1.82) is 0 Å². The Balaban J connectivity index is -0.000000887. The van der Waals surface area contributed by atoms with Gasteiger partial charge in [-0.15, -0.1) is 0 Å². The molecule has 0 aromatic rings. The maximum Gasteiger partial charge on any atom is 0.157 e. The van der Waals surface area contributed by atoms with E-state index in [1.165, 1.54) is 398 Å². The van der Waals surface area contributed by atoms with E-state index in [1.54, 1.807) is 0 Å². The third kappa shape index (κ3) is 83.5. The van der Waals surface area contributed by atoms with Crippen LogP contribution in [0.15, 0.2) is 0 Å². The van der Waals surface area contributed by atoms with Gasteiger partial charge in [-0.2, -0.15) is 0 Å². The summed E-state index contributed by atoms with van der Waals surface area (Å²) in [4.78, 5) is 9.56. The molecular weight excluding hydrogens is 1060 g/mol. The molecule has 3 unspecified atom stereocenters. The molecule has 0 heterocycles. The predicted octanol–water partition coefficient (Wildman–Crippen LogP) is 28.4. The van der Waals surface area contributed by atoms with Crippen LogP contribution < -0.4 is 0 Å². The largest absolute Gasteiger partial charge is 0.412 e. The fourth-order valence-electron chi connectivity index (χ4n) is 12.8. The van der Waals surface area contributed by atoms with Crippen molar-refractivity contribution in [2.75, 3.05) is 19.8 Å². The molecule has 0 fully saturated rings. The Morgan fingerprint density at radius 2 is 0.425 bits per heavy atom. The third-order valence-electron chi connectivity index (χ3n) is 19.1. The molecule has 0 aliphatic carbocycles. The number of aldehydes is 1. The van der Waals surface area contributed by atoms with Crippen molar-refractivity contribution < 1.29 is 24.9 Å². The molecule has 0 saturated carbocycles. The van der Waals surface area contributed by atoms with Crippen molar-refractivity contribution >= 4 is 6.29 Å². The van der Waals surface area contributed by atoms with Crippen molar-refractivity contribution in [3.8, 4) is 0 Å². The quantitative estimate of drug-likeness (QED) is 0.0373. The van der Waals surface area contributed by atoms with Gasteiger partial charge in [0.25, 0.3) is 0 Å². The average Bonchev–Trinajstić information content (AvgIpc) is 3.56. The molecular formula is C82H170O5. The van der Waals surface area contributed by atoms with Crippen molar-refractivity contribution in [2.45, 2.75) is 485 Å². The van der Waals surface area contributed by atoms with Gasteiger partial charge in [0.1, 0.15) is 6.29 Å². The lowest BCUT2D eigenvalue weighted by molar-refractivity contribution is -0.162. The van der Waals surface area contributed by atoms with Gasteiger partial charge in [-0.05, 0) is 75.5 Å².